The predicted molar refractivity (Wildman–Crippen MR) is 102 cm³/mol. The summed E-state index contributed by atoms with van der Waals surface area (Å²) >= 11 is 0. The van der Waals surface area contributed by atoms with E-state index in [0.29, 0.717) is 18.0 Å². The molecule has 0 fully saturated rings. The number of carbonyl (C=O) groups is 2. The van der Waals surface area contributed by atoms with Crippen molar-refractivity contribution in [3.8, 4) is 11.8 Å². The average Bonchev–Trinajstić information content (AvgIpc) is 2.99. The van der Waals surface area contributed by atoms with Crippen molar-refractivity contribution in [3.05, 3.63) is 35.4 Å². The monoisotopic (exact) mass is 386 g/mol. The Morgan fingerprint density at radius 3 is 2.79 bits per heavy atom. The van der Waals surface area contributed by atoms with Gasteiger partial charge in [0.2, 0.25) is 5.91 Å². The fourth-order valence-corrected chi connectivity index (χ4v) is 2.84. The lowest BCUT2D eigenvalue weighted by atomic mass is 10.2. The van der Waals surface area contributed by atoms with Crippen LogP contribution in [0.5, 0.6) is 11.8 Å². The summed E-state index contributed by atoms with van der Waals surface area (Å²) in [4.78, 5) is 33.5. The summed E-state index contributed by atoms with van der Waals surface area (Å²) < 4.78 is 11.1. The molecule has 9 heteroatoms. The Balaban J connectivity index is 1.71. The lowest BCUT2D eigenvalue weighted by molar-refractivity contribution is -0.117. The van der Waals surface area contributed by atoms with Gasteiger partial charge in [0.25, 0.3) is 0 Å². The standard InChI is InChI=1S/C19H22N4O5/c1-2-3-9-28-19-21-16(20)13-11-15(24)23(17(13)22-19)8-10-27-14-7-5-4-6-12(14)18(25)26/h4-7H,2-3,8-11H2,1H3,(H,25,26)(H2,20,21,22). The lowest BCUT2D eigenvalue weighted by Crippen LogP contribution is -2.32. The molecule has 148 valence electrons. The summed E-state index contributed by atoms with van der Waals surface area (Å²) in [7, 11) is 0. The van der Waals surface area contributed by atoms with Crippen LogP contribution in [0.25, 0.3) is 0 Å². The Morgan fingerprint density at radius 2 is 2.04 bits per heavy atom. The van der Waals surface area contributed by atoms with Gasteiger partial charge in [-0.3, -0.25) is 9.69 Å². The van der Waals surface area contributed by atoms with E-state index in [-0.39, 0.29) is 48.6 Å². The molecule has 0 spiro atoms. The number of aromatic nitrogens is 2. The highest BCUT2D eigenvalue weighted by molar-refractivity contribution is 6.01. The number of nitrogens with zero attached hydrogens (tertiary/aromatic N) is 3. The van der Waals surface area contributed by atoms with E-state index in [2.05, 4.69) is 9.97 Å². The topological polar surface area (TPSA) is 128 Å². The van der Waals surface area contributed by atoms with E-state index in [1.54, 1.807) is 18.2 Å². The first kappa shape index (κ1) is 19.4. The molecule has 2 heterocycles. The van der Waals surface area contributed by atoms with Crippen LogP contribution in [0.2, 0.25) is 0 Å². The summed E-state index contributed by atoms with van der Waals surface area (Å²) in [5.74, 6) is -0.360. The number of ether oxygens (including phenoxy) is 2. The molecule has 1 aromatic carbocycles. The zero-order chi connectivity index (χ0) is 20.1. The lowest BCUT2D eigenvalue weighted by Gasteiger charge is -2.18. The fraction of sp³-hybridized carbons (Fsp3) is 0.368. The van der Waals surface area contributed by atoms with Crippen molar-refractivity contribution >= 4 is 23.5 Å². The molecular formula is C19H22N4O5. The number of nitrogens with two attached hydrogens (primary N) is 1. The molecule has 1 aromatic heterocycles. The maximum atomic E-state index is 12.4. The van der Waals surface area contributed by atoms with E-state index in [1.807, 2.05) is 6.92 Å². The minimum Gasteiger partial charge on any atom is -0.491 e. The quantitative estimate of drug-likeness (QED) is 0.626. The molecule has 0 saturated carbocycles. The van der Waals surface area contributed by atoms with E-state index in [1.165, 1.54) is 11.0 Å². The first-order valence-electron chi connectivity index (χ1n) is 9.06. The second kappa shape index (κ2) is 8.55. The van der Waals surface area contributed by atoms with Crippen molar-refractivity contribution in [2.75, 3.05) is 30.4 Å². The van der Waals surface area contributed by atoms with Crippen molar-refractivity contribution in [3.63, 3.8) is 0 Å². The molecule has 2 aromatic rings. The average molecular weight is 386 g/mol. The highest BCUT2D eigenvalue weighted by atomic mass is 16.5. The second-order valence-electron chi connectivity index (χ2n) is 6.27. The minimum absolute atomic E-state index is 0.0637. The van der Waals surface area contributed by atoms with Gasteiger partial charge in [0.1, 0.15) is 29.6 Å². The smallest absolute Gasteiger partial charge is 0.339 e. The van der Waals surface area contributed by atoms with Gasteiger partial charge in [-0.1, -0.05) is 25.5 Å². The number of aromatic carboxylic acids is 1. The molecule has 0 radical (unpaired) electrons. The van der Waals surface area contributed by atoms with Crippen LogP contribution in [0.4, 0.5) is 11.6 Å². The predicted octanol–water partition coefficient (Wildman–Crippen LogP) is 1.90. The van der Waals surface area contributed by atoms with Crippen molar-refractivity contribution in [2.24, 2.45) is 0 Å². The Bertz CT molecular complexity index is 887. The van der Waals surface area contributed by atoms with E-state index in [0.717, 1.165) is 12.8 Å². The molecule has 3 rings (SSSR count). The fourth-order valence-electron chi connectivity index (χ4n) is 2.84. The number of rotatable bonds is 9. The van der Waals surface area contributed by atoms with Crippen LogP contribution in [0, 0.1) is 0 Å². The highest BCUT2D eigenvalue weighted by Crippen LogP contribution is 2.32. The number of hydrogen-bond acceptors (Lipinski definition) is 7. The van der Waals surface area contributed by atoms with Crippen LogP contribution in [-0.4, -0.2) is 46.7 Å². The van der Waals surface area contributed by atoms with E-state index in [4.69, 9.17) is 15.2 Å². The first-order valence-corrected chi connectivity index (χ1v) is 9.06. The van der Waals surface area contributed by atoms with Gasteiger partial charge in [-0.2, -0.15) is 9.97 Å². The largest absolute Gasteiger partial charge is 0.491 e. The van der Waals surface area contributed by atoms with Gasteiger partial charge < -0.3 is 20.3 Å². The van der Waals surface area contributed by atoms with Crippen LogP contribution in [0.1, 0.15) is 35.7 Å². The third-order valence-corrected chi connectivity index (χ3v) is 4.30. The van der Waals surface area contributed by atoms with Gasteiger partial charge in [0.15, 0.2) is 0 Å². The molecular weight excluding hydrogens is 364 g/mol. The molecule has 3 N–H and O–H groups in total. The van der Waals surface area contributed by atoms with Crippen LogP contribution in [0.15, 0.2) is 24.3 Å². The van der Waals surface area contributed by atoms with Gasteiger partial charge >= 0.3 is 12.0 Å². The molecule has 9 nitrogen and oxygen atoms in total. The number of anilines is 2. The number of nitrogen functional groups attached to an aromatic ring is 1. The molecule has 0 bridgehead atoms. The molecule has 0 saturated heterocycles. The third-order valence-electron chi connectivity index (χ3n) is 4.30. The van der Waals surface area contributed by atoms with Gasteiger partial charge in [-0.05, 0) is 18.6 Å². The van der Waals surface area contributed by atoms with Crippen LogP contribution in [0.3, 0.4) is 0 Å². The van der Waals surface area contributed by atoms with Gasteiger partial charge in [0.05, 0.1) is 19.6 Å². The van der Waals surface area contributed by atoms with E-state index < -0.39 is 5.97 Å². The summed E-state index contributed by atoms with van der Waals surface area (Å²) in [6.07, 6.45) is 1.95. The molecule has 1 aliphatic heterocycles. The Labute approximate surface area is 162 Å². The number of fused-ring (bicyclic) bond motifs is 1. The summed E-state index contributed by atoms with van der Waals surface area (Å²) in [5, 5.41) is 9.21. The molecule has 0 aliphatic carbocycles. The zero-order valence-corrected chi connectivity index (χ0v) is 15.6. The van der Waals surface area contributed by atoms with E-state index >= 15 is 0 Å². The summed E-state index contributed by atoms with van der Waals surface area (Å²) in [5.41, 5.74) is 6.60. The number of carboxylic acids is 1. The molecule has 1 aliphatic rings. The Hall–Kier alpha value is -3.36. The van der Waals surface area contributed by atoms with Crippen molar-refractivity contribution in [2.45, 2.75) is 26.2 Å². The number of benzene rings is 1. The maximum Gasteiger partial charge on any atom is 0.339 e. The van der Waals surface area contributed by atoms with Crippen molar-refractivity contribution in [1.29, 1.82) is 0 Å². The Morgan fingerprint density at radius 1 is 1.25 bits per heavy atom. The highest BCUT2D eigenvalue weighted by Gasteiger charge is 2.32. The normalized spacial score (nSPS) is 12.8. The van der Waals surface area contributed by atoms with Crippen LogP contribution < -0.4 is 20.1 Å². The second-order valence-corrected chi connectivity index (χ2v) is 6.27. The maximum absolute atomic E-state index is 12.4. The minimum atomic E-state index is -1.08. The molecule has 28 heavy (non-hydrogen) atoms. The van der Waals surface area contributed by atoms with Crippen LogP contribution >= 0.6 is 0 Å². The number of carboxylic acid groups (broad SMARTS) is 1. The van der Waals surface area contributed by atoms with Crippen LogP contribution in [-0.2, 0) is 11.2 Å². The number of unbranched alkanes of at least 4 members (excludes halogenated alkanes) is 1. The van der Waals surface area contributed by atoms with Gasteiger partial charge in [0, 0.05) is 5.56 Å². The molecule has 0 unspecified atom stereocenters. The molecule has 0 atom stereocenters. The van der Waals surface area contributed by atoms with E-state index in [9.17, 15) is 14.7 Å². The first-order chi connectivity index (χ1) is 13.5. The summed E-state index contributed by atoms with van der Waals surface area (Å²) in [6, 6.07) is 6.48. The molecule has 1 amide bonds. The van der Waals surface area contributed by atoms with Crippen molar-refractivity contribution < 1.29 is 24.2 Å². The number of amides is 1. The summed E-state index contributed by atoms with van der Waals surface area (Å²) in [6.45, 7) is 2.82. The Kier molecular flexibility index (Phi) is 5.93. The third kappa shape index (κ3) is 4.13. The number of hydrogen-bond donors (Lipinski definition) is 2. The van der Waals surface area contributed by atoms with Gasteiger partial charge in [-0.25, -0.2) is 4.79 Å². The number of carbonyl (C=O) groups excluding carboxylic acids is 1. The SMILES string of the molecule is CCCCOc1nc(N)c2c(n1)N(CCOc1ccccc1C(=O)O)C(=O)C2. The van der Waals surface area contributed by atoms with Crippen molar-refractivity contribution in [1.82, 2.24) is 9.97 Å². The van der Waals surface area contributed by atoms with Gasteiger partial charge in [-0.15, -0.1) is 0 Å². The number of para-hydroxylation sites is 1. The zero-order valence-electron chi connectivity index (χ0n) is 15.6.